The number of Topliss-reactive ketones (excluding diaryl/α,β-unsaturated/α-hetero) is 1. The van der Waals surface area contributed by atoms with E-state index in [4.69, 9.17) is 0 Å². The van der Waals surface area contributed by atoms with Gasteiger partial charge < -0.3 is 10.4 Å². The summed E-state index contributed by atoms with van der Waals surface area (Å²) >= 11 is 0. The van der Waals surface area contributed by atoms with E-state index >= 15 is 0 Å². The van der Waals surface area contributed by atoms with Gasteiger partial charge in [0.05, 0.1) is 6.42 Å². The number of carbonyl (C=O) groups is 2. The highest BCUT2D eigenvalue weighted by Gasteiger charge is 2.26. The van der Waals surface area contributed by atoms with Crippen molar-refractivity contribution in [3.05, 3.63) is 41.5 Å². The third-order valence-corrected chi connectivity index (χ3v) is 5.05. The molecule has 0 fully saturated rings. The maximum Gasteiger partial charge on any atom is 0.231 e. The monoisotopic (exact) mass is 422 g/mol. The van der Waals surface area contributed by atoms with Gasteiger partial charge in [0.25, 0.3) is 0 Å². The standard InChI is InChI=1S/C24H30N4O3/c1-14(29)10-21(30)25-16-8-9-18-19(13-16)27-28(26-18)20-12-15(23(2,3)4)11-17(22(20)31)24(5,6)7/h8-9,11-13,31H,10H2,1-7H3,(H,25,30). The van der Waals surface area contributed by atoms with E-state index < -0.39 is 0 Å². The van der Waals surface area contributed by atoms with E-state index in [0.717, 1.165) is 11.1 Å². The first-order chi connectivity index (χ1) is 14.3. The molecule has 0 aliphatic carbocycles. The van der Waals surface area contributed by atoms with Gasteiger partial charge >= 0.3 is 0 Å². The zero-order chi connectivity index (χ0) is 23.1. The number of aromatic nitrogens is 3. The molecule has 1 amide bonds. The first kappa shape index (κ1) is 22.5. The topological polar surface area (TPSA) is 97.1 Å². The zero-order valence-electron chi connectivity index (χ0n) is 19.2. The lowest BCUT2D eigenvalue weighted by molar-refractivity contribution is -0.124. The number of anilines is 1. The molecule has 7 nitrogen and oxygen atoms in total. The van der Waals surface area contributed by atoms with Gasteiger partial charge in [-0.05, 0) is 47.6 Å². The van der Waals surface area contributed by atoms with Crippen LogP contribution in [-0.2, 0) is 20.4 Å². The smallest absolute Gasteiger partial charge is 0.231 e. The minimum absolute atomic E-state index is 0.122. The molecular weight excluding hydrogens is 392 g/mol. The number of ketones is 1. The van der Waals surface area contributed by atoms with Crippen molar-refractivity contribution in [1.82, 2.24) is 15.0 Å². The number of benzene rings is 2. The Morgan fingerprint density at radius 1 is 0.968 bits per heavy atom. The predicted octanol–water partition coefficient (Wildman–Crippen LogP) is 4.64. The number of carbonyl (C=O) groups excluding carboxylic acids is 2. The zero-order valence-corrected chi connectivity index (χ0v) is 19.2. The van der Waals surface area contributed by atoms with Crippen molar-refractivity contribution in [2.24, 2.45) is 0 Å². The quantitative estimate of drug-likeness (QED) is 0.597. The molecule has 0 bridgehead atoms. The summed E-state index contributed by atoms with van der Waals surface area (Å²) in [5.41, 5.74) is 3.76. The Morgan fingerprint density at radius 2 is 1.61 bits per heavy atom. The average Bonchev–Trinajstić information content (AvgIpc) is 3.02. The van der Waals surface area contributed by atoms with E-state index in [0.29, 0.717) is 22.4 Å². The molecular formula is C24H30N4O3. The van der Waals surface area contributed by atoms with E-state index in [-0.39, 0.29) is 34.7 Å². The Bertz CT molecular complexity index is 1160. The number of phenolic OH excluding ortho intramolecular Hbond substituents is 1. The highest BCUT2D eigenvalue weighted by Crippen LogP contribution is 2.39. The summed E-state index contributed by atoms with van der Waals surface area (Å²) in [6.45, 7) is 13.9. The molecule has 0 atom stereocenters. The molecule has 3 aromatic rings. The van der Waals surface area contributed by atoms with Crippen LogP contribution in [0.5, 0.6) is 5.75 Å². The Morgan fingerprint density at radius 3 is 2.19 bits per heavy atom. The fraction of sp³-hybridized carbons (Fsp3) is 0.417. The highest BCUT2D eigenvalue weighted by molar-refractivity contribution is 6.04. The van der Waals surface area contributed by atoms with Gasteiger partial charge in [0, 0.05) is 11.3 Å². The van der Waals surface area contributed by atoms with Gasteiger partial charge in [0.15, 0.2) is 0 Å². The Balaban J connectivity index is 2.09. The minimum Gasteiger partial charge on any atom is -0.505 e. The van der Waals surface area contributed by atoms with Crippen LogP contribution in [0.1, 0.15) is 66.0 Å². The molecule has 0 saturated heterocycles. The van der Waals surface area contributed by atoms with Crippen LogP contribution in [0.25, 0.3) is 16.7 Å². The fourth-order valence-corrected chi connectivity index (χ4v) is 3.31. The van der Waals surface area contributed by atoms with Gasteiger partial charge in [0.1, 0.15) is 28.3 Å². The molecule has 2 aromatic carbocycles. The number of nitrogens with one attached hydrogen (secondary N) is 1. The summed E-state index contributed by atoms with van der Waals surface area (Å²) in [5, 5.41) is 22.8. The van der Waals surface area contributed by atoms with E-state index in [9.17, 15) is 14.7 Å². The lowest BCUT2D eigenvalue weighted by atomic mass is 9.80. The van der Waals surface area contributed by atoms with Crippen LogP contribution in [0, 0.1) is 0 Å². The highest BCUT2D eigenvalue weighted by atomic mass is 16.3. The van der Waals surface area contributed by atoms with Crippen LogP contribution in [0.15, 0.2) is 30.3 Å². The molecule has 31 heavy (non-hydrogen) atoms. The van der Waals surface area contributed by atoms with E-state index in [2.05, 4.69) is 57.1 Å². The molecule has 0 aliphatic heterocycles. The molecule has 1 aromatic heterocycles. The minimum atomic E-state index is -0.371. The van der Waals surface area contributed by atoms with Crippen molar-refractivity contribution in [3.63, 3.8) is 0 Å². The normalized spacial score (nSPS) is 12.2. The van der Waals surface area contributed by atoms with Crippen LogP contribution in [0.2, 0.25) is 0 Å². The number of amides is 1. The van der Waals surface area contributed by atoms with Gasteiger partial charge in [-0.15, -0.1) is 15.0 Å². The maximum absolute atomic E-state index is 11.9. The molecule has 7 heteroatoms. The number of aromatic hydroxyl groups is 1. The lowest BCUT2D eigenvalue weighted by Crippen LogP contribution is -2.18. The fourth-order valence-electron chi connectivity index (χ4n) is 3.31. The van der Waals surface area contributed by atoms with Crippen molar-refractivity contribution in [2.75, 3.05) is 5.32 Å². The van der Waals surface area contributed by atoms with E-state index in [1.807, 2.05) is 12.1 Å². The van der Waals surface area contributed by atoms with Crippen LogP contribution in [0.4, 0.5) is 5.69 Å². The number of rotatable bonds is 4. The van der Waals surface area contributed by atoms with Crippen LogP contribution >= 0.6 is 0 Å². The van der Waals surface area contributed by atoms with Crippen LogP contribution < -0.4 is 5.32 Å². The molecule has 1 heterocycles. The van der Waals surface area contributed by atoms with Crippen molar-refractivity contribution in [3.8, 4) is 11.4 Å². The average molecular weight is 423 g/mol. The SMILES string of the molecule is CC(=O)CC(=O)Nc1ccc2nn(-c3cc(C(C)(C)C)cc(C(C)(C)C)c3O)nc2c1. The summed E-state index contributed by atoms with van der Waals surface area (Å²) in [6.07, 6.45) is -0.173. The molecule has 0 spiro atoms. The number of hydrogen-bond acceptors (Lipinski definition) is 5. The second-order valence-electron chi connectivity index (χ2n) is 10.0. The molecule has 0 unspecified atom stereocenters. The maximum atomic E-state index is 11.9. The second kappa shape index (κ2) is 7.80. The van der Waals surface area contributed by atoms with Crippen molar-refractivity contribution < 1.29 is 14.7 Å². The van der Waals surface area contributed by atoms with Gasteiger partial charge in [-0.2, -0.15) is 0 Å². The van der Waals surface area contributed by atoms with Gasteiger partial charge in [-0.3, -0.25) is 9.59 Å². The summed E-state index contributed by atoms with van der Waals surface area (Å²) in [5.74, 6) is -0.422. The molecule has 164 valence electrons. The Hall–Kier alpha value is -3.22. The van der Waals surface area contributed by atoms with Crippen molar-refractivity contribution >= 4 is 28.4 Å². The summed E-state index contributed by atoms with van der Waals surface area (Å²) in [7, 11) is 0. The summed E-state index contributed by atoms with van der Waals surface area (Å²) < 4.78 is 0. The third-order valence-electron chi connectivity index (χ3n) is 5.05. The first-order valence-corrected chi connectivity index (χ1v) is 10.3. The Labute approximate surface area is 182 Å². The van der Waals surface area contributed by atoms with E-state index in [1.54, 1.807) is 18.2 Å². The summed E-state index contributed by atoms with van der Waals surface area (Å²) in [6, 6.07) is 9.12. The first-order valence-electron chi connectivity index (χ1n) is 10.3. The van der Waals surface area contributed by atoms with Gasteiger partial charge in [-0.1, -0.05) is 47.6 Å². The number of hydrogen-bond donors (Lipinski definition) is 2. The van der Waals surface area contributed by atoms with Gasteiger partial charge in [0.2, 0.25) is 5.91 Å². The number of fused-ring (bicyclic) bond motifs is 1. The molecule has 3 rings (SSSR count). The molecule has 0 radical (unpaired) electrons. The van der Waals surface area contributed by atoms with Crippen molar-refractivity contribution in [1.29, 1.82) is 0 Å². The number of nitrogens with zero attached hydrogens (tertiary/aromatic N) is 3. The van der Waals surface area contributed by atoms with Crippen molar-refractivity contribution in [2.45, 2.75) is 65.7 Å². The van der Waals surface area contributed by atoms with Gasteiger partial charge in [-0.25, -0.2) is 0 Å². The van der Waals surface area contributed by atoms with Crippen LogP contribution in [-0.4, -0.2) is 31.8 Å². The lowest BCUT2D eigenvalue weighted by Gasteiger charge is -2.27. The van der Waals surface area contributed by atoms with Crippen LogP contribution in [0.3, 0.4) is 0 Å². The third kappa shape index (κ3) is 4.93. The summed E-state index contributed by atoms with van der Waals surface area (Å²) in [4.78, 5) is 24.5. The molecule has 2 N–H and O–H groups in total. The molecule has 0 aliphatic rings. The Kier molecular flexibility index (Phi) is 5.65. The molecule has 0 saturated carbocycles. The van der Waals surface area contributed by atoms with E-state index in [1.165, 1.54) is 11.7 Å². The number of phenols is 1. The largest absolute Gasteiger partial charge is 0.505 e. The predicted molar refractivity (Wildman–Crippen MR) is 122 cm³/mol. The second-order valence-corrected chi connectivity index (χ2v) is 10.0.